The van der Waals surface area contributed by atoms with Gasteiger partial charge in [0.05, 0.1) is 17.8 Å². The van der Waals surface area contributed by atoms with Gasteiger partial charge in [-0.3, -0.25) is 4.90 Å². The lowest BCUT2D eigenvalue weighted by molar-refractivity contribution is -0.0883. The van der Waals surface area contributed by atoms with Crippen LogP contribution in [-0.2, 0) is 11.3 Å². The van der Waals surface area contributed by atoms with Gasteiger partial charge in [0, 0.05) is 24.1 Å². The number of rotatable bonds is 3. The number of halogens is 1. The van der Waals surface area contributed by atoms with E-state index in [2.05, 4.69) is 34.7 Å². The van der Waals surface area contributed by atoms with E-state index in [0.29, 0.717) is 5.56 Å². The van der Waals surface area contributed by atoms with Crippen molar-refractivity contribution in [2.24, 2.45) is 0 Å². The van der Waals surface area contributed by atoms with E-state index in [4.69, 9.17) is 9.84 Å². The van der Waals surface area contributed by atoms with Gasteiger partial charge in [0.2, 0.25) is 0 Å². The summed E-state index contributed by atoms with van der Waals surface area (Å²) in [6.45, 7) is 7.48. The maximum Gasteiger partial charge on any atom is 0.335 e. The molecule has 2 rings (SSSR count). The third kappa shape index (κ3) is 3.78. The maximum absolute atomic E-state index is 10.9. The van der Waals surface area contributed by atoms with E-state index in [0.717, 1.165) is 36.3 Å². The molecule has 104 valence electrons. The van der Waals surface area contributed by atoms with Gasteiger partial charge in [0.15, 0.2) is 0 Å². The first-order valence-corrected chi connectivity index (χ1v) is 7.05. The van der Waals surface area contributed by atoms with Gasteiger partial charge in [0.25, 0.3) is 0 Å². The SMILES string of the molecule is CC1(C)CN(Cc2ccc(C(=O)O)cc2Br)CCO1. The molecule has 0 radical (unpaired) electrons. The van der Waals surface area contributed by atoms with Gasteiger partial charge < -0.3 is 9.84 Å². The van der Waals surface area contributed by atoms with Crippen LogP contribution >= 0.6 is 15.9 Å². The number of aromatic carboxylic acids is 1. The molecule has 0 unspecified atom stereocenters. The number of hydrogen-bond donors (Lipinski definition) is 1. The predicted molar refractivity (Wildman–Crippen MR) is 76.4 cm³/mol. The van der Waals surface area contributed by atoms with E-state index >= 15 is 0 Å². The number of morpholine rings is 1. The van der Waals surface area contributed by atoms with Gasteiger partial charge in [-0.2, -0.15) is 0 Å². The van der Waals surface area contributed by atoms with Crippen LogP contribution in [0.2, 0.25) is 0 Å². The normalized spacial score (nSPS) is 19.3. The van der Waals surface area contributed by atoms with Gasteiger partial charge in [-0.1, -0.05) is 22.0 Å². The Labute approximate surface area is 121 Å². The van der Waals surface area contributed by atoms with Crippen LogP contribution in [0.1, 0.15) is 29.8 Å². The van der Waals surface area contributed by atoms with Crippen molar-refractivity contribution >= 4 is 21.9 Å². The monoisotopic (exact) mass is 327 g/mol. The maximum atomic E-state index is 10.9. The number of ether oxygens (including phenoxy) is 1. The molecule has 0 aromatic heterocycles. The molecule has 1 aliphatic heterocycles. The van der Waals surface area contributed by atoms with Gasteiger partial charge in [-0.25, -0.2) is 4.79 Å². The quantitative estimate of drug-likeness (QED) is 0.927. The summed E-state index contributed by atoms with van der Waals surface area (Å²) in [5, 5.41) is 8.94. The molecular weight excluding hydrogens is 310 g/mol. The minimum absolute atomic E-state index is 0.119. The van der Waals surface area contributed by atoms with Crippen molar-refractivity contribution in [2.75, 3.05) is 19.7 Å². The average Bonchev–Trinajstić information content (AvgIpc) is 2.30. The first-order chi connectivity index (χ1) is 8.87. The Bertz CT molecular complexity index is 488. The van der Waals surface area contributed by atoms with Crippen LogP contribution in [-0.4, -0.2) is 41.3 Å². The molecule has 1 aliphatic rings. The first kappa shape index (κ1) is 14.5. The molecule has 4 nitrogen and oxygen atoms in total. The number of carboxylic acids is 1. The molecule has 0 spiro atoms. The highest BCUT2D eigenvalue weighted by Gasteiger charge is 2.27. The molecular formula is C14H18BrNO3. The molecule has 0 bridgehead atoms. The summed E-state index contributed by atoms with van der Waals surface area (Å²) < 4.78 is 6.53. The molecule has 0 aliphatic carbocycles. The number of nitrogens with zero attached hydrogens (tertiary/aromatic N) is 1. The zero-order valence-electron chi connectivity index (χ0n) is 11.1. The average molecular weight is 328 g/mol. The molecule has 1 N–H and O–H groups in total. The van der Waals surface area contributed by atoms with Crippen LogP contribution in [0.3, 0.4) is 0 Å². The van der Waals surface area contributed by atoms with E-state index < -0.39 is 5.97 Å². The fourth-order valence-electron chi connectivity index (χ4n) is 2.30. The van der Waals surface area contributed by atoms with Crippen LogP contribution < -0.4 is 0 Å². The van der Waals surface area contributed by atoms with Gasteiger partial charge in [0.1, 0.15) is 0 Å². The van der Waals surface area contributed by atoms with E-state index in [1.165, 1.54) is 0 Å². The summed E-state index contributed by atoms with van der Waals surface area (Å²) in [6, 6.07) is 5.17. The highest BCUT2D eigenvalue weighted by molar-refractivity contribution is 9.10. The summed E-state index contributed by atoms with van der Waals surface area (Å²) in [5.41, 5.74) is 1.28. The van der Waals surface area contributed by atoms with E-state index in [1.54, 1.807) is 12.1 Å². The molecule has 0 atom stereocenters. The van der Waals surface area contributed by atoms with Crippen LogP contribution in [0.25, 0.3) is 0 Å². The van der Waals surface area contributed by atoms with Crippen molar-refractivity contribution in [3.8, 4) is 0 Å². The molecule has 19 heavy (non-hydrogen) atoms. The zero-order chi connectivity index (χ0) is 14.0. The molecule has 1 aromatic rings. The van der Waals surface area contributed by atoms with E-state index in [1.807, 2.05) is 6.07 Å². The van der Waals surface area contributed by atoms with Crippen molar-refractivity contribution in [2.45, 2.75) is 26.0 Å². The minimum atomic E-state index is -0.903. The molecule has 1 heterocycles. The van der Waals surface area contributed by atoms with Crippen molar-refractivity contribution in [1.29, 1.82) is 0 Å². The molecule has 1 fully saturated rings. The molecule has 0 amide bonds. The van der Waals surface area contributed by atoms with Crippen LogP contribution in [0.15, 0.2) is 22.7 Å². The standard InChI is InChI=1S/C14H18BrNO3/c1-14(2)9-16(5-6-19-14)8-11-4-3-10(13(17)18)7-12(11)15/h3-4,7H,5-6,8-9H2,1-2H3,(H,17,18). The van der Waals surface area contributed by atoms with Crippen molar-refractivity contribution in [3.63, 3.8) is 0 Å². The Morgan fingerprint density at radius 3 is 2.84 bits per heavy atom. The highest BCUT2D eigenvalue weighted by atomic mass is 79.9. The van der Waals surface area contributed by atoms with Crippen LogP contribution in [0.4, 0.5) is 0 Å². The van der Waals surface area contributed by atoms with E-state index in [9.17, 15) is 4.79 Å². The van der Waals surface area contributed by atoms with Gasteiger partial charge in [-0.15, -0.1) is 0 Å². The second kappa shape index (κ2) is 5.61. The van der Waals surface area contributed by atoms with Crippen LogP contribution in [0, 0.1) is 0 Å². The molecule has 0 saturated carbocycles. The lowest BCUT2D eigenvalue weighted by Crippen LogP contribution is -2.47. The van der Waals surface area contributed by atoms with E-state index in [-0.39, 0.29) is 5.60 Å². The lowest BCUT2D eigenvalue weighted by atomic mass is 10.1. The third-order valence-electron chi connectivity index (χ3n) is 3.20. The first-order valence-electron chi connectivity index (χ1n) is 6.25. The number of benzene rings is 1. The number of hydrogen-bond acceptors (Lipinski definition) is 3. The van der Waals surface area contributed by atoms with Crippen molar-refractivity contribution in [1.82, 2.24) is 4.90 Å². The summed E-state index contributed by atoms with van der Waals surface area (Å²) in [6.07, 6.45) is 0. The fraction of sp³-hybridized carbons (Fsp3) is 0.500. The third-order valence-corrected chi connectivity index (χ3v) is 3.94. The molecule has 1 aromatic carbocycles. The Hall–Kier alpha value is -0.910. The van der Waals surface area contributed by atoms with Crippen LogP contribution in [0.5, 0.6) is 0 Å². The number of carbonyl (C=O) groups is 1. The largest absolute Gasteiger partial charge is 0.478 e. The Balaban J connectivity index is 2.09. The second-order valence-corrected chi connectivity index (χ2v) is 6.28. The highest BCUT2D eigenvalue weighted by Crippen LogP contribution is 2.23. The second-order valence-electron chi connectivity index (χ2n) is 5.43. The Morgan fingerprint density at radius 1 is 1.53 bits per heavy atom. The summed E-state index contributed by atoms with van der Waals surface area (Å²) in [5.74, 6) is -0.903. The van der Waals surface area contributed by atoms with Crippen molar-refractivity contribution in [3.05, 3.63) is 33.8 Å². The van der Waals surface area contributed by atoms with Gasteiger partial charge >= 0.3 is 5.97 Å². The predicted octanol–water partition coefficient (Wildman–Crippen LogP) is 2.76. The fourth-order valence-corrected chi connectivity index (χ4v) is 2.80. The van der Waals surface area contributed by atoms with Gasteiger partial charge in [-0.05, 0) is 31.5 Å². The Morgan fingerprint density at radius 2 is 2.26 bits per heavy atom. The summed E-state index contributed by atoms with van der Waals surface area (Å²) in [7, 11) is 0. The topological polar surface area (TPSA) is 49.8 Å². The minimum Gasteiger partial charge on any atom is -0.478 e. The summed E-state index contributed by atoms with van der Waals surface area (Å²) >= 11 is 3.45. The smallest absolute Gasteiger partial charge is 0.335 e. The Kier molecular flexibility index (Phi) is 4.28. The number of carboxylic acid groups (broad SMARTS) is 1. The van der Waals surface area contributed by atoms with Crippen molar-refractivity contribution < 1.29 is 14.6 Å². The lowest BCUT2D eigenvalue weighted by Gasteiger charge is -2.38. The molecule has 1 saturated heterocycles. The molecule has 5 heteroatoms. The zero-order valence-corrected chi connectivity index (χ0v) is 12.7. The summed E-state index contributed by atoms with van der Waals surface area (Å²) in [4.78, 5) is 13.2.